The lowest BCUT2D eigenvalue weighted by Gasteiger charge is -2.24. The van der Waals surface area contributed by atoms with Crippen LogP contribution in [-0.4, -0.2) is 18.1 Å². The first kappa shape index (κ1) is 14.8. The van der Waals surface area contributed by atoms with E-state index in [1.807, 2.05) is 30.5 Å². The van der Waals surface area contributed by atoms with Crippen molar-refractivity contribution in [3.05, 3.63) is 36.4 Å². The molecule has 1 aromatic carbocycles. The van der Waals surface area contributed by atoms with E-state index in [1.54, 1.807) is 11.8 Å². The Kier molecular flexibility index (Phi) is 3.30. The normalized spacial score (nSPS) is 32.2. The maximum Gasteiger partial charge on any atom is 0.228 e. The Balaban J connectivity index is 1.57. The van der Waals surface area contributed by atoms with Crippen LogP contribution in [0.15, 0.2) is 41.3 Å². The summed E-state index contributed by atoms with van der Waals surface area (Å²) in [6.07, 6.45) is 8.47. The van der Waals surface area contributed by atoms with Crippen LogP contribution in [0.5, 0.6) is 0 Å². The predicted molar refractivity (Wildman–Crippen MR) is 90.8 cm³/mol. The van der Waals surface area contributed by atoms with Crippen LogP contribution in [0.2, 0.25) is 0 Å². The first-order valence-electron chi connectivity index (χ1n) is 7.99. The van der Waals surface area contributed by atoms with Crippen molar-refractivity contribution in [1.29, 1.82) is 0 Å². The largest absolute Gasteiger partial charge is 0.369 e. The van der Waals surface area contributed by atoms with Crippen LogP contribution in [-0.2, 0) is 9.59 Å². The standard InChI is InChI=1S/C18H20N2O2S/c1-23-11-4-2-10(3-5-11)20-17(22)15-13-7-6-12(14(15)16(19)21)18(13)8-9-18/h2-7,12-15H,8-9H2,1H3,(H2,19,21)(H,20,22). The van der Waals surface area contributed by atoms with Crippen molar-refractivity contribution in [3.63, 3.8) is 0 Å². The van der Waals surface area contributed by atoms with Gasteiger partial charge in [0.05, 0.1) is 11.8 Å². The summed E-state index contributed by atoms with van der Waals surface area (Å²) < 4.78 is 0. The molecular weight excluding hydrogens is 308 g/mol. The summed E-state index contributed by atoms with van der Waals surface area (Å²) in [7, 11) is 0. The summed E-state index contributed by atoms with van der Waals surface area (Å²) in [5.74, 6) is -0.793. The number of hydrogen-bond acceptors (Lipinski definition) is 3. The van der Waals surface area contributed by atoms with Gasteiger partial charge < -0.3 is 11.1 Å². The Morgan fingerprint density at radius 3 is 2.26 bits per heavy atom. The van der Waals surface area contributed by atoms with Crippen LogP contribution in [0.25, 0.3) is 0 Å². The van der Waals surface area contributed by atoms with Gasteiger partial charge in [0.2, 0.25) is 11.8 Å². The topological polar surface area (TPSA) is 72.2 Å². The molecule has 1 aromatic rings. The zero-order valence-electron chi connectivity index (χ0n) is 13.0. The van der Waals surface area contributed by atoms with Gasteiger partial charge in [0, 0.05) is 10.6 Å². The number of hydrogen-bond donors (Lipinski definition) is 2. The Bertz CT molecular complexity index is 693. The van der Waals surface area contributed by atoms with E-state index in [0.717, 1.165) is 23.4 Å². The third-order valence-electron chi connectivity index (χ3n) is 5.83. The zero-order chi connectivity index (χ0) is 16.2. The zero-order valence-corrected chi connectivity index (χ0v) is 13.8. The first-order chi connectivity index (χ1) is 11.1. The highest BCUT2D eigenvalue weighted by Gasteiger charge is 2.69. The summed E-state index contributed by atoms with van der Waals surface area (Å²) in [4.78, 5) is 25.9. The van der Waals surface area contributed by atoms with Gasteiger partial charge in [-0.3, -0.25) is 9.59 Å². The average Bonchev–Trinajstić information content (AvgIpc) is 3.21. The van der Waals surface area contributed by atoms with E-state index in [1.165, 1.54) is 0 Å². The number of primary amides is 1. The molecule has 0 radical (unpaired) electrons. The minimum absolute atomic E-state index is 0.0752. The number of nitrogens with two attached hydrogens (primary N) is 1. The minimum Gasteiger partial charge on any atom is -0.369 e. The lowest BCUT2D eigenvalue weighted by molar-refractivity contribution is -0.130. The number of rotatable bonds is 4. The second-order valence-electron chi connectivity index (χ2n) is 6.84. The molecule has 1 spiro atoms. The lowest BCUT2D eigenvalue weighted by atomic mass is 9.82. The van der Waals surface area contributed by atoms with Crippen LogP contribution in [0, 0.1) is 29.1 Å². The Morgan fingerprint density at radius 1 is 1.13 bits per heavy atom. The fraction of sp³-hybridized carbons (Fsp3) is 0.444. The summed E-state index contributed by atoms with van der Waals surface area (Å²) in [6.45, 7) is 0. The highest BCUT2D eigenvalue weighted by atomic mass is 32.2. The molecule has 2 saturated carbocycles. The molecule has 3 aliphatic rings. The maximum absolute atomic E-state index is 12.8. The van der Waals surface area contributed by atoms with Gasteiger partial charge >= 0.3 is 0 Å². The van der Waals surface area contributed by atoms with Crippen molar-refractivity contribution >= 4 is 29.3 Å². The van der Waals surface area contributed by atoms with Crippen molar-refractivity contribution in [1.82, 2.24) is 0 Å². The second-order valence-corrected chi connectivity index (χ2v) is 7.72. The summed E-state index contributed by atoms with van der Waals surface area (Å²) in [5.41, 5.74) is 6.55. The van der Waals surface area contributed by atoms with Crippen molar-refractivity contribution in [2.24, 2.45) is 34.8 Å². The van der Waals surface area contributed by atoms with E-state index < -0.39 is 0 Å². The highest BCUT2D eigenvalue weighted by Crippen LogP contribution is 2.71. The van der Waals surface area contributed by atoms with E-state index in [2.05, 4.69) is 17.5 Å². The molecule has 3 aliphatic carbocycles. The number of benzene rings is 1. The number of thioether (sulfide) groups is 1. The molecule has 2 bridgehead atoms. The molecule has 0 aliphatic heterocycles. The van der Waals surface area contributed by atoms with Crippen molar-refractivity contribution in [2.45, 2.75) is 17.7 Å². The monoisotopic (exact) mass is 328 g/mol. The fourth-order valence-electron chi connectivity index (χ4n) is 4.64. The third-order valence-corrected chi connectivity index (χ3v) is 6.57. The lowest BCUT2D eigenvalue weighted by Crippen LogP contribution is -2.39. The molecule has 0 saturated heterocycles. The van der Waals surface area contributed by atoms with E-state index in [0.29, 0.717) is 0 Å². The Morgan fingerprint density at radius 2 is 1.74 bits per heavy atom. The predicted octanol–water partition coefficient (Wildman–Crippen LogP) is 2.66. The summed E-state index contributed by atoms with van der Waals surface area (Å²) >= 11 is 1.66. The van der Waals surface area contributed by atoms with E-state index in [-0.39, 0.29) is 40.9 Å². The minimum atomic E-state index is -0.363. The van der Waals surface area contributed by atoms with Crippen LogP contribution in [0.3, 0.4) is 0 Å². The van der Waals surface area contributed by atoms with Crippen LogP contribution in [0.1, 0.15) is 12.8 Å². The van der Waals surface area contributed by atoms with Crippen molar-refractivity contribution in [2.75, 3.05) is 11.6 Å². The molecule has 2 amide bonds. The fourth-order valence-corrected chi connectivity index (χ4v) is 5.05. The van der Waals surface area contributed by atoms with Gasteiger partial charge in [-0.25, -0.2) is 0 Å². The molecule has 120 valence electrons. The number of anilines is 1. The van der Waals surface area contributed by atoms with Crippen molar-refractivity contribution < 1.29 is 9.59 Å². The SMILES string of the molecule is CSc1ccc(NC(=O)C2C(C(N)=O)C3C=CC2C32CC2)cc1. The van der Waals surface area contributed by atoms with Crippen molar-refractivity contribution in [3.8, 4) is 0 Å². The van der Waals surface area contributed by atoms with E-state index in [9.17, 15) is 9.59 Å². The first-order valence-corrected chi connectivity index (χ1v) is 9.22. The molecular formula is C18H20N2O2S. The number of amides is 2. The van der Waals surface area contributed by atoms with Crippen LogP contribution >= 0.6 is 11.8 Å². The van der Waals surface area contributed by atoms with Crippen LogP contribution < -0.4 is 11.1 Å². The summed E-state index contributed by atoms with van der Waals surface area (Å²) in [6, 6.07) is 7.77. The molecule has 5 heteroatoms. The van der Waals surface area contributed by atoms with Crippen LogP contribution in [0.4, 0.5) is 5.69 Å². The smallest absolute Gasteiger partial charge is 0.228 e. The Hall–Kier alpha value is -1.75. The molecule has 3 N–H and O–H groups in total. The molecule has 4 nitrogen and oxygen atoms in total. The average molecular weight is 328 g/mol. The van der Waals surface area contributed by atoms with E-state index >= 15 is 0 Å². The van der Waals surface area contributed by atoms with Gasteiger partial charge in [0.25, 0.3) is 0 Å². The van der Waals surface area contributed by atoms with Gasteiger partial charge in [-0.15, -0.1) is 11.8 Å². The molecule has 4 rings (SSSR count). The highest BCUT2D eigenvalue weighted by molar-refractivity contribution is 7.98. The molecule has 23 heavy (non-hydrogen) atoms. The molecule has 0 aromatic heterocycles. The third kappa shape index (κ3) is 2.13. The molecule has 4 atom stereocenters. The Labute approximate surface area is 139 Å². The second kappa shape index (κ2) is 5.13. The quantitative estimate of drug-likeness (QED) is 0.659. The number of nitrogens with one attached hydrogen (secondary N) is 1. The summed E-state index contributed by atoms with van der Waals surface area (Å²) in [5, 5.41) is 2.98. The molecule has 2 fully saturated rings. The van der Waals surface area contributed by atoms with Gasteiger partial charge in [0.1, 0.15) is 0 Å². The van der Waals surface area contributed by atoms with Gasteiger partial charge in [-0.2, -0.15) is 0 Å². The maximum atomic E-state index is 12.8. The van der Waals surface area contributed by atoms with Gasteiger partial charge in [0.15, 0.2) is 0 Å². The van der Waals surface area contributed by atoms with Gasteiger partial charge in [-0.1, -0.05) is 12.2 Å². The number of allylic oxidation sites excluding steroid dienone is 2. The number of carbonyl (C=O) groups is 2. The van der Waals surface area contributed by atoms with E-state index in [4.69, 9.17) is 5.73 Å². The van der Waals surface area contributed by atoms with Gasteiger partial charge in [-0.05, 0) is 60.6 Å². The molecule has 4 unspecified atom stereocenters. The molecule has 0 heterocycles. The number of carbonyl (C=O) groups excluding carboxylic acids is 2.